The van der Waals surface area contributed by atoms with E-state index in [9.17, 15) is 4.79 Å². The standard InChI is InChI=1S/C17H19N3O/c1-13-5-7-15-11-14(12-18-17(15)19-13)6-8-16(21)20-9-3-2-4-10-20/h2-3,6,8,11-12H,1,4-5,7,9-10H2,(H,18,19)/b8-6+. The van der Waals surface area contributed by atoms with Gasteiger partial charge in [-0.1, -0.05) is 18.7 Å². The number of amides is 1. The number of nitrogens with zero attached hydrogens (tertiary/aromatic N) is 2. The number of pyridine rings is 1. The molecule has 0 bridgehead atoms. The van der Waals surface area contributed by atoms with Gasteiger partial charge in [0.05, 0.1) is 0 Å². The first kappa shape index (κ1) is 13.6. The number of allylic oxidation sites excluding steroid dienone is 1. The van der Waals surface area contributed by atoms with Crippen molar-refractivity contribution in [2.24, 2.45) is 0 Å². The number of hydrogen-bond donors (Lipinski definition) is 1. The quantitative estimate of drug-likeness (QED) is 0.669. The highest BCUT2D eigenvalue weighted by atomic mass is 16.2. The minimum atomic E-state index is 0.0589. The molecule has 2 aliphatic heterocycles. The summed E-state index contributed by atoms with van der Waals surface area (Å²) >= 11 is 0. The second kappa shape index (κ2) is 5.95. The third kappa shape index (κ3) is 3.21. The number of aryl methyl sites for hydroxylation is 1. The van der Waals surface area contributed by atoms with Crippen LogP contribution in [-0.2, 0) is 11.2 Å². The summed E-state index contributed by atoms with van der Waals surface area (Å²) in [5.74, 6) is 0.944. The van der Waals surface area contributed by atoms with E-state index < -0.39 is 0 Å². The molecular formula is C17H19N3O. The summed E-state index contributed by atoms with van der Waals surface area (Å²) in [6, 6.07) is 2.08. The summed E-state index contributed by atoms with van der Waals surface area (Å²) in [7, 11) is 0. The van der Waals surface area contributed by atoms with Gasteiger partial charge in [-0.2, -0.15) is 0 Å². The third-order valence-electron chi connectivity index (χ3n) is 3.77. The maximum Gasteiger partial charge on any atom is 0.246 e. The Kier molecular flexibility index (Phi) is 3.86. The fourth-order valence-corrected chi connectivity index (χ4v) is 2.55. The molecule has 3 rings (SSSR count). The largest absolute Gasteiger partial charge is 0.344 e. The summed E-state index contributed by atoms with van der Waals surface area (Å²) in [6.45, 7) is 5.43. The van der Waals surface area contributed by atoms with Gasteiger partial charge in [-0.05, 0) is 42.5 Å². The van der Waals surface area contributed by atoms with Crippen LogP contribution in [0, 0.1) is 0 Å². The van der Waals surface area contributed by atoms with Crippen LogP contribution < -0.4 is 5.32 Å². The predicted octanol–water partition coefficient (Wildman–Crippen LogP) is 2.76. The molecule has 0 aromatic carbocycles. The van der Waals surface area contributed by atoms with Crippen molar-refractivity contribution in [2.45, 2.75) is 19.3 Å². The van der Waals surface area contributed by atoms with Gasteiger partial charge in [-0.3, -0.25) is 4.79 Å². The number of nitrogens with one attached hydrogen (secondary N) is 1. The molecule has 0 aliphatic carbocycles. The highest BCUT2D eigenvalue weighted by Gasteiger charge is 2.13. The number of hydrogen-bond acceptors (Lipinski definition) is 3. The maximum absolute atomic E-state index is 12.1. The molecule has 0 radical (unpaired) electrons. The van der Waals surface area contributed by atoms with Crippen molar-refractivity contribution in [1.29, 1.82) is 0 Å². The highest BCUT2D eigenvalue weighted by Crippen LogP contribution is 2.24. The van der Waals surface area contributed by atoms with Crippen LogP contribution >= 0.6 is 0 Å². The minimum Gasteiger partial charge on any atom is -0.344 e. The van der Waals surface area contributed by atoms with Crippen molar-refractivity contribution in [3.05, 3.63) is 53.9 Å². The molecule has 0 saturated carbocycles. The number of aromatic nitrogens is 1. The molecule has 21 heavy (non-hydrogen) atoms. The van der Waals surface area contributed by atoms with Gasteiger partial charge in [0.1, 0.15) is 5.82 Å². The minimum absolute atomic E-state index is 0.0589. The van der Waals surface area contributed by atoms with Gasteiger partial charge in [0, 0.05) is 31.1 Å². The monoisotopic (exact) mass is 281 g/mol. The second-order valence-electron chi connectivity index (χ2n) is 5.38. The fourth-order valence-electron chi connectivity index (χ4n) is 2.55. The third-order valence-corrected chi connectivity index (χ3v) is 3.77. The molecule has 3 heterocycles. The van der Waals surface area contributed by atoms with E-state index in [4.69, 9.17) is 0 Å². The summed E-state index contributed by atoms with van der Waals surface area (Å²) in [5, 5.41) is 3.19. The molecule has 108 valence electrons. The number of rotatable bonds is 2. The lowest BCUT2D eigenvalue weighted by Crippen LogP contribution is -2.32. The van der Waals surface area contributed by atoms with E-state index in [0.29, 0.717) is 6.54 Å². The molecule has 2 aliphatic rings. The lowest BCUT2D eigenvalue weighted by molar-refractivity contribution is -0.125. The SMILES string of the molecule is C=C1CCc2cc(/C=C/C(=O)N3CC=CCC3)cnc2N1. The van der Waals surface area contributed by atoms with Gasteiger partial charge in [-0.25, -0.2) is 4.98 Å². The molecule has 0 atom stereocenters. The Balaban J connectivity index is 1.70. The topological polar surface area (TPSA) is 45.2 Å². The smallest absolute Gasteiger partial charge is 0.246 e. The molecule has 1 aromatic rings. The molecular weight excluding hydrogens is 262 g/mol. The van der Waals surface area contributed by atoms with Crippen molar-refractivity contribution >= 4 is 17.8 Å². The van der Waals surface area contributed by atoms with Crippen molar-refractivity contribution in [3.63, 3.8) is 0 Å². The predicted molar refractivity (Wildman–Crippen MR) is 84.7 cm³/mol. The number of anilines is 1. The number of carbonyl (C=O) groups is 1. The zero-order valence-electron chi connectivity index (χ0n) is 12.0. The van der Waals surface area contributed by atoms with Gasteiger partial charge in [0.2, 0.25) is 5.91 Å². The molecule has 0 saturated heterocycles. The molecule has 0 unspecified atom stereocenters. The first-order chi connectivity index (χ1) is 10.2. The summed E-state index contributed by atoms with van der Waals surface area (Å²) in [5.41, 5.74) is 3.15. The first-order valence-electron chi connectivity index (χ1n) is 7.28. The molecule has 4 heteroatoms. The molecule has 1 aromatic heterocycles. The van der Waals surface area contributed by atoms with Crippen LogP contribution in [-0.4, -0.2) is 28.9 Å². The van der Waals surface area contributed by atoms with Crippen LogP contribution in [0.2, 0.25) is 0 Å². The van der Waals surface area contributed by atoms with E-state index >= 15 is 0 Å². The summed E-state index contributed by atoms with van der Waals surface area (Å²) in [4.78, 5) is 18.3. The lowest BCUT2D eigenvalue weighted by Gasteiger charge is -2.21. The van der Waals surface area contributed by atoms with Crippen LogP contribution in [0.1, 0.15) is 24.0 Å². The van der Waals surface area contributed by atoms with E-state index in [-0.39, 0.29) is 5.91 Å². The summed E-state index contributed by atoms with van der Waals surface area (Å²) < 4.78 is 0. The van der Waals surface area contributed by atoms with Crippen molar-refractivity contribution in [1.82, 2.24) is 9.88 Å². The molecule has 0 spiro atoms. The van der Waals surface area contributed by atoms with Gasteiger partial charge in [0.25, 0.3) is 0 Å². The van der Waals surface area contributed by atoms with E-state index in [1.807, 2.05) is 17.1 Å². The van der Waals surface area contributed by atoms with Crippen LogP contribution in [0.5, 0.6) is 0 Å². The van der Waals surface area contributed by atoms with Crippen LogP contribution in [0.15, 0.2) is 42.8 Å². The van der Waals surface area contributed by atoms with E-state index in [1.165, 1.54) is 5.56 Å². The van der Waals surface area contributed by atoms with Crippen molar-refractivity contribution < 1.29 is 4.79 Å². The molecule has 4 nitrogen and oxygen atoms in total. The Morgan fingerprint density at radius 3 is 3.10 bits per heavy atom. The van der Waals surface area contributed by atoms with Gasteiger partial charge < -0.3 is 10.2 Å². The van der Waals surface area contributed by atoms with E-state index in [1.54, 1.807) is 12.3 Å². The first-order valence-corrected chi connectivity index (χ1v) is 7.28. The van der Waals surface area contributed by atoms with E-state index in [2.05, 4.69) is 29.0 Å². The second-order valence-corrected chi connectivity index (χ2v) is 5.38. The Morgan fingerprint density at radius 2 is 2.29 bits per heavy atom. The maximum atomic E-state index is 12.1. The zero-order valence-corrected chi connectivity index (χ0v) is 12.0. The zero-order chi connectivity index (χ0) is 14.7. The van der Waals surface area contributed by atoms with Crippen LogP contribution in [0.3, 0.4) is 0 Å². The van der Waals surface area contributed by atoms with Crippen LogP contribution in [0.25, 0.3) is 6.08 Å². The number of fused-ring (bicyclic) bond motifs is 1. The summed E-state index contributed by atoms with van der Waals surface area (Å²) in [6.07, 6.45) is 12.2. The Labute approximate surface area is 124 Å². The average Bonchev–Trinajstić information content (AvgIpc) is 2.53. The normalized spacial score (nSPS) is 17.7. The lowest BCUT2D eigenvalue weighted by atomic mass is 10.0. The van der Waals surface area contributed by atoms with Crippen molar-refractivity contribution in [2.75, 3.05) is 18.4 Å². The highest BCUT2D eigenvalue weighted by molar-refractivity contribution is 5.92. The molecule has 0 fully saturated rings. The van der Waals surface area contributed by atoms with Crippen LogP contribution in [0.4, 0.5) is 5.82 Å². The molecule has 1 amide bonds. The van der Waals surface area contributed by atoms with E-state index in [0.717, 1.165) is 42.9 Å². The Bertz CT molecular complexity index is 631. The van der Waals surface area contributed by atoms with Gasteiger partial charge in [-0.15, -0.1) is 0 Å². The number of carbonyl (C=O) groups excluding carboxylic acids is 1. The fraction of sp³-hybridized carbons (Fsp3) is 0.294. The average molecular weight is 281 g/mol. The Hall–Kier alpha value is -2.36. The van der Waals surface area contributed by atoms with Gasteiger partial charge >= 0.3 is 0 Å². The Morgan fingerprint density at radius 1 is 1.38 bits per heavy atom. The molecule has 1 N–H and O–H groups in total. The van der Waals surface area contributed by atoms with Crippen molar-refractivity contribution in [3.8, 4) is 0 Å². The van der Waals surface area contributed by atoms with Gasteiger partial charge in [0.15, 0.2) is 0 Å².